The van der Waals surface area contributed by atoms with Gasteiger partial charge in [-0.15, -0.1) is 0 Å². The van der Waals surface area contributed by atoms with Gasteiger partial charge in [0.2, 0.25) is 0 Å². The third kappa shape index (κ3) is 3.75. The zero-order valence-corrected chi connectivity index (χ0v) is 11.3. The zero-order valence-electron chi connectivity index (χ0n) is 11.3. The Labute approximate surface area is 113 Å². The van der Waals surface area contributed by atoms with Crippen molar-refractivity contribution >= 4 is 0 Å². The van der Waals surface area contributed by atoms with Crippen LogP contribution in [0.3, 0.4) is 0 Å². The summed E-state index contributed by atoms with van der Waals surface area (Å²) in [6.45, 7) is 1.30. The highest BCUT2D eigenvalue weighted by Crippen LogP contribution is 2.32. The Morgan fingerprint density at radius 2 is 2.21 bits per heavy atom. The minimum Gasteiger partial charge on any atom is -0.497 e. The van der Waals surface area contributed by atoms with Crippen LogP contribution in [0.1, 0.15) is 6.42 Å². The normalized spacial score (nSPS) is 26.4. The molecule has 0 aromatic rings. The van der Waals surface area contributed by atoms with Gasteiger partial charge in [-0.05, 0) is 6.08 Å². The lowest BCUT2D eigenvalue weighted by Crippen LogP contribution is -2.15. The van der Waals surface area contributed by atoms with Crippen LogP contribution in [-0.2, 0) is 18.9 Å². The highest BCUT2D eigenvalue weighted by atomic mass is 16.6. The van der Waals surface area contributed by atoms with Crippen LogP contribution in [0.15, 0.2) is 35.5 Å². The van der Waals surface area contributed by atoms with Gasteiger partial charge in [-0.1, -0.05) is 12.2 Å². The summed E-state index contributed by atoms with van der Waals surface area (Å²) in [7, 11) is 3.23. The van der Waals surface area contributed by atoms with Crippen molar-refractivity contribution in [3.05, 3.63) is 35.5 Å². The predicted octanol–water partition coefficient (Wildman–Crippen LogP) is 1.36. The van der Waals surface area contributed by atoms with E-state index in [1.54, 1.807) is 20.3 Å². The van der Waals surface area contributed by atoms with Crippen LogP contribution in [0.5, 0.6) is 0 Å². The van der Waals surface area contributed by atoms with Crippen molar-refractivity contribution in [2.75, 3.05) is 34.0 Å². The predicted molar refractivity (Wildman–Crippen MR) is 69.2 cm³/mol. The maximum Gasteiger partial charge on any atom is 0.198 e. The molecule has 19 heavy (non-hydrogen) atoms. The maximum absolute atomic E-state index is 8.83. The number of aliphatic hydroxyl groups excluding tert-OH is 1. The number of rotatable bonds is 7. The van der Waals surface area contributed by atoms with E-state index in [1.165, 1.54) is 0 Å². The first kappa shape index (κ1) is 14.0. The van der Waals surface area contributed by atoms with Crippen LogP contribution in [0, 0.1) is 5.92 Å². The molecule has 0 aromatic carbocycles. The molecule has 2 rings (SSSR count). The molecule has 1 fully saturated rings. The van der Waals surface area contributed by atoms with Gasteiger partial charge in [0, 0.05) is 12.3 Å². The Balaban J connectivity index is 2.09. The van der Waals surface area contributed by atoms with Gasteiger partial charge in [0.1, 0.15) is 18.5 Å². The quantitative estimate of drug-likeness (QED) is 0.558. The molecule has 0 amide bonds. The van der Waals surface area contributed by atoms with Crippen LogP contribution >= 0.6 is 0 Å². The molecule has 0 saturated carbocycles. The number of ether oxygens (including phenoxy) is 4. The van der Waals surface area contributed by atoms with Gasteiger partial charge in [0.05, 0.1) is 27.4 Å². The minimum atomic E-state index is 0.0288. The van der Waals surface area contributed by atoms with Crippen molar-refractivity contribution in [2.45, 2.75) is 12.5 Å². The molecule has 5 heteroatoms. The standard InChI is InChI=1S/C14H20O5/c1-16-12-6-10(4-3-5-15)7-13(17-2)14(12)19-9-11-8-18-11/h3-4,6,10-11,15H,5,7-9H2,1-2H3/b4-3+. The van der Waals surface area contributed by atoms with Crippen molar-refractivity contribution in [3.63, 3.8) is 0 Å². The Bertz CT molecular complexity index is 393. The summed E-state index contributed by atoms with van der Waals surface area (Å²) < 4.78 is 21.6. The summed E-state index contributed by atoms with van der Waals surface area (Å²) in [6, 6.07) is 0. The molecule has 1 aliphatic carbocycles. The largest absolute Gasteiger partial charge is 0.497 e. The average Bonchev–Trinajstić information content (AvgIpc) is 3.26. The van der Waals surface area contributed by atoms with E-state index in [0.29, 0.717) is 24.5 Å². The van der Waals surface area contributed by atoms with Gasteiger partial charge in [-0.3, -0.25) is 0 Å². The molecule has 5 nitrogen and oxygen atoms in total. The van der Waals surface area contributed by atoms with E-state index in [4.69, 9.17) is 24.1 Å². The summed E-state index contributed by atoms with van der Waals surface area (Å²) in [6.07, 6.45) is 6.50. The second-order valence-corrected chi connectivity index (χ2v) is 4.44. The lowest BCUT2D eigenvalue weighted by molar-refractivity contribution is 0.126. The second-order valence-electron chi connectivity index (χ2n) is 4.44. The smallest absolute Gasteiger partial charge is 0.198 e. The number of epoxide rings is 1. The first-order chi connectivity index (χ1) is 9.28. The average molecular weight is 268 g/mol. The Morgan fingerprint density at radius 3 is 2.79 bits per heavy atom. The fourth-order valence-electron chi connectivity index (χ4n) is 1.96. The Kier molecular flexibility index (Phi) is 4.87. The molecule has 0 spiro atoms. The van der Waals surface area contributed by atoms with Crippen molar-refractivity contribution in [3.8, 4) is 0 Å². The van der Waals surface area contributed by atoms with E-state index in [2.05, 4.69) is 0 Å². The summed E-state index contributed by atoms with van der Waals surface area (Å²) >= 11 is 0. The van der Waals surface area contributed by atoms with Crippen LogP contribution in [0.2, 0.25) is 0 Å². The van der Waals surface area contributed by atoms with Crippen molar-refractivity contribution in [1.82, 2.24) is 0 Å². The fraction of sp³-hybridized carbons (Fsp3) is 0.571. The fourth-order valence-corrected chi connectivity index (χ4v) is 1.96. The number of aliphatic hydroxyl groups is 1. The number of hydrogen-bond acceptors (Lipinski definition) is 5. The molecule has 2 aliphatic rings. The molecule has 1 heterocycles. The van der Waals surface area contributed by atoms with Gasteiger partial charge in [0.25, 0.3) is 0 Å². The topological polar surface area (TPSA) is 60.5 Å². The van der Waals surface area contributed by atoms with Gasteiger partial charge >= 0.3 is 0 Å². The zero-order chi connectivity index (χ0) is 13.7. The van der Waals surface area contributed by atoms with E-state index in [-0.39, 0.29) is 18.6 Å². The second kappa shape index (κ2) is 6.63. The van der Waals surface area contributed by atoms with Gasteiger partial charge < -0.3 is 24.1 Å². The van der Waals surface area contributed by atoms with E-state index < -0.39 is 0 Å². The third-order valence-corrected chi connectivity index (χ3v) is 3.03. The van der Waals surface area contributed by atoms with E-state index in [1.807, 2.05) is 12.2 Å². The highest BCUT2D eigenvalue weighted by Gasteiger charge is 2.28. The third-order valence-electron chi connectivity index (χ3n) is 3.03. The summed E-state index contributed by atoms with van der Waals surface area (Å²) in [4.78, 5) is 0. The molecule has 2 atom stereocenters. The molecule has 1 N–H and O–H groups in total. The van der Waals surface area contributed by atoms with Crippen LogP contribution in [0.25, 0.3) is 0 Å². The molecular weight excluding hydrogens is 248 g/mol. The number of hydrogen-bond donors (Lipinski definition) is 1. The van der Waals surface area contributed by atoms with Crippen molar-refractivity contribution in [1.29, 1.82) is 0 Å². The molecular formula is C14H20O5. The molecule has 106 valence electrons. The monoisotopic (exact) mass is 268 g/mol. The van der Waals surface area contributed by atoms with Crippen molar-refractivity contribution in [2.24, 2.45) is 5.92 Å². The Hall–Kier alpha value is -1.46. The van der Waals surface area contributed by atoms with E-state index >= 15 is 0 Å². The summed E-state index contributed by atoms with van der Waals surface area (Å²) in [5, 5.41) is 8.83. The van der Waals surface area contributed by atoms with E-state index in [9.17, 15) is 0 Å². The molecule has 1 saturated heterocycles. The van der Waals surface area contributed by atoms with Crippen LogP contribution < -0.4 is 0 Å². The molecule has 2 unspecified atom stereocenters. The number of allylic oxidation sites excluding steroid dienone is 3. The summed E-state index contributed by atoms with van der Waals surface area (Å²) in [5.41, 5.74) is 0. The summed E-state index contributed by atoms with van der Waals surface area (Å²) in [5.74, 6) is 2.21. The van der Waals surface area contributed by atoms with E-state index in [0.717, 1.165) is 12.4 Å². The van der Waals surface area contributed by atoms with Gasteiger partial charge in [-0.2, -0.15) is 0 Å². The lowest BCUT2D eigenvalue weighted by atomic mass is 9.96. The highest BCUT2D eigenvalue weighted by molar-refractivity contribution is 5.31. The first-order valence-corrected chi connectivity index (χ1v) is 6.33. The van der Waals surface area contributed by atoms with Gasteiger partial charge in [-0.25, -0.2) is 0 Å². The molecule has 0 bridgehead atoms. The van der Waals surface area contributed by atoms with Crippen LogP contribution in [-0.4, -0.2) is 45.3 Å². The molecule has 1 aliphatic heterocycles. The SMILES string of the molecule is COC1=CC(/C=C/CO)CC(OC)=C1OCC1CO1. The molecule has 0 aromatic heterocycles. The maximum atomic E-state index is 8.83. The van der Waals surface area contributed by atoms with Crippen LogP contribution in [0.4, 0.5) is 0 Å². The minimum absolute atomic E-state index is 0.0288. The van der Waals surface area contributed by atoms with Gasteiger partial charge in [0.15, 0.2) is 11.5 Å². The lowest BCUT2D eigenvalue weighted by Gasteiger charge is -2.23. The first-order valence-electron chi connectivity index (χ1n) is 6.33. The molecule has 0 radical (unpaired) electrons. The Morgan fingerprint density at radius 1 is 1.42 bits per heavy atom. The van der Waals surface area contributed by atoms with Crippen molar-refractivity contribution < 1.29 is 24.1 Å². The number of methoxy groups -OCH3 is 2.